The zero-order chi connectivity index (χ0) is 13.0. The van der Waals surface area contributed by atoms with Gasteiger partial charge in [0.1, 0.15) is 17.8 Å². The maximum absolute atomic E-state index is 10.8. The summed E-state index contributed by atoms with van der Waals surface area (Å²) < 4.78 is 0. The lowest BCUT2D eigenvalue weighted by molar-refractivity contribution is -0.384. The van der Waals surface area contributed by atoms with Gasteiger partial charge in [0, 0.05) is 6.07 Å². The van der Waals surface area contributed by atoms with Gasteiger partial charge in [-0.1, -0.05) is 0 Å². The van der Waals surface area contributed by atoms with Gasteiger partial charge in [-0.2, -0.15) is 10.4 Å². The number of nitrogens with one attached hydrogen (secondary N) is 2. The zero-order valence-electron chi connectivity index (χ0n) is 9.12. The number of anilines is 1. The standard InChI is InChI=1S/C10H8N6O2/c11-4-7-1-2-9(16(17)18)8(3-7)12-5-10-13-6-14-15-10/h1-3,6,12H,5H2,(H,13,14,15). The fourth-order valence-corrected chi connectivity index (χ4v) is 1.40. The Morgan fingerprint density at radius 2 is 2.39 bits per heavy atom. The Hall–Kier alpha value is -2.95. The van der Waals surface area contributed by atoms with Crippen molar-refractivity contribution >= 4 is 11.4 Å². The minimum Gasteiger partial charge on any atom is -0.372 e. The van der Waals surface area contributed by atoms with Crippen molar-refractivity contribution in [1.82, 2.24) is 15.2 Å². The molecule has 0 amide bonds. The number of hydrogen-bond donors (Lipinski definition) is 2. The second-order valence-electron chi connectivity index (χ2n) is 3.39. The Balaban J connectivity index is 2.24. The summed E-state index contributed by atoms with van der Waals surface area (Å²) in [5.74, 6) is 0.548. The summed E-state index contributed by atoms with van der Waals surface area (Å²) in [6.07, 6.45) is 1.34. The van der Waals surface area contributed by atoms with E-state index in [2.05, 4.69) is 20.5 Å². The smallest absolute Gasteiger partial charge is 0.292 e. The molecule has 0 saturated carbocycles. The van der Waals surface area contributed by atoms with E-state index in [0.29, 0.717) is 11.4 Å². The van der Waals surface area contributed by atoms with Crippen LogP contribution in [0.15, 0.2) is 24.5 Å². The van der Waals surface area contributed by atoms with Crippen LogP contribution in [0.25, 0.3) is 0 Å². The number of H-pyrrole nitrogens is 1. The Bertz CT molecular complexity index is 601. The average molecular weight is 244 g/mol. The first kappa shape index (κ1) is 11.5. The molecule has 1 aromatic carbocycles. The van der Waals surface area contributed by atoms with E-state index in [1.165, 1.54) is 24.5 Å². The number of nitro groups is 1. The van der Waals surface area contributed by atoms with Crippen molar-refractivity contribution in [2.45, 2.75) is 6.54 Å². The van der Waals surface area contributed by atoms with Gasteiger partial charge in [-0.25, -0.2) is 4.98 Å². The third-order valence-electron chi connectivity index (χ3n) is 2.23. The highest BCUT2D eigenvalue weighted by Crippen LogP contribution is 2.25. The van der Waals surface area contributed by atoms with Gasteiger partial charge < -0.3 is 5.32 Å². The van der Waals surface area contributed by atoms with Crippen LogP contribution >= 0.6 is 0 Å². The van der Waals surface area contributed by atoms with Gasteiger partial charge >= 0.3 is 0 Å². The first-order valence-electron chi connectivity index (χ1n) is 4.97. The number of nitrogens with zero attached hydrogens (tertiary/aromatic N) is 4. The number of nitro benzene ring substituents is 1. The predicted molar refractivity (Wildman–Crippen MR) is 61.5 cm³/mol. The maximum atomic E-state index is 10.8. The molecular weight excluding hydrogens is 236 g/mol. The van der Waals surface area contributed by atoms with E-state index in [9.17, 15) is 10.1 Å². The van der Waals surface area contributed by atoms with Crippen molar-refractivity contribution in [2.75, 3.05) is 5.32 Å². The van der Waals surface area contributed by atoms with E-state index in [4.69, 9.17) is 5.26 Å². The molecule has 2 rings (SSSR count). The minimum absolute atomic E-state index is 0.0893. The normalized spacial score (nSPS) is 9.72. The summed E-state index contributed by atoms with van der Waals surface area (Å²) in [7, 11) is 0. The van der Waals surface area contributed by atoms with Gasteiger partial charge in [-0.05, 0) is 12.1 Å². The molecule has 2 aromatic rings. The zero-order valence-corrected chi connectivity index (χ0v) is 9.12. The Kier molecular flexibility index (Phi) is 3.15. The fourth-order valence-electron chi connectivity index (χ4n) is 1.40. The number of hydrogen-bond acceptors (Lipinski definition) is 6. The van der Waals surface area contributed by atoms with Crippen molar-refractivity contribution in [1.29, 1.82) is 5.26 Å². The molecule has 0 radical (unpaired) electrons. The van der Waals surface area contributed by atoms with Crippen LogP contribution in [0.4, 0.5) is 11.4 Å². The molecule has 1 heterocycles. The van der Waals surface area contributed by atoms with Crippen LogP contribution in [0.3, 0.4) is 0 Å². The summed E-state index contributed by atoms with van der Waals surface area (Å²) >= 11 is 0. The molecule has 0 aliphatic heterocycles. The van der Waals surface area contributed by atoms with Gasteiger partial charge in [0.15, 0.2) is 0 Å². The number of aromatic amines is 1. The summed E-state index contributed by atoms with van der Waals surface area (Å²) in [6, 6.07) is 6.05. The quantitative estimate of drug-likeness (QED) is 0.615. The van der Waals surface area contributed by atoms with E-state index >= 15 is 0 Å². The Labute approximate surface area is 101 Å². The molecule has 8 heteroatoms. The van der Waals surface area contributed by atoms with Crippen molar-refractivity contribution in [3.63, 3.8) is 0 Å². The number of benzene rings is 1. The Morgan fingerprint density at radius 3 is 3.00 bits per heavy atom. The number of aromatic nitrogens is 3. The van der Waals surface area contributed by atoms with Gasteiger partial charge in [0.05, 0.1) is 23.1 Å². The molecule has 1 aromatic heterocycles. The lowest BCUT2D eigenvalue weighted by Crippen LogP contribution is -2.04. The molecule has 8 nitrogen and oxygen atoms in total. The third-order valence-corrected chi connectivity index (χ3v) is 2.23. The van der Waals surface area contributed by atoms with E-state index in [1.54, 1.807) is 0 Å². The lowest BCUT2D eigenvalue weighted by atomic mass is 10.2. The molecule has 0 saturated heterocycles. The molecule has 0 unspecified atom stereocenters. The molecule has 0 aliphatic rings. The van der Waals surface area contributed by atoms with Gasteiger partial charge in [-0.15, -0.1) is 0 Å². The summed E-state index contributed by atoms with van der Waals surface area (Å²) in [5, 5.41) is 28.7. The highest BCUT2D eigenvalue weighted by molar-refractivity contribution is 5.64. The van der Waals surface area contributed by atoms with Crippen LogP contribution in [0, 0.1) is 21.4 Å². The highest BCUT2D eigenvalue weighted by atomic mass is 16.6. The summed E-state index contributed by atoms with van der Waals surface area (Å²) in [5.41, 5.74) is 0.532. The lowest BCUT2D eigenvalue weighted by Gasteiger charge is -2.05. The molecule has 0 bridgehead atoms. The molecule has 18 heavy (non-hydrogen) atoms. The van der Waals surface area contributed by atoms with Crippen LogP contribution in [0.2, 0.25) is 0 Å². The third kappa shape index (κ3) is 2.41. The van der Waals surface area contributed by atoms with Gasteiger partial charge in [0.2, 0.25) is 0 Å². The van der Waals surface area contributed by atoms with Crippen LogP contribution in [0.5, 0.6) is 0 Å². The van der Waals surface area contributed by atoms with E-state index in [0.717, 1.165) is 0 Å². The molecular formula is C10H8N6O2. The van der Waals surface area contributed by atoms with Crippen molar-refractivity contribution in [3.8, 4) is 6.07 Å². The molecule has 0 aliphatic carbocycles. The Morgan fingerprint density at radius 1 is 1.56 bits per heavy atom. The number of rotatable bonds is 4. The SMILES string of the molecule is N#Cc1ccc([N+](=O)[O-])c(NCc2ncn[nH]2)c1. The summed E-state index contributed by atoms with van der Waals surface area (Å²) in [6.45, 7) is 0.260. The first-order valence-corrected chi connectivity index (χ1v) is 4.97. The molecule has 0 atom stereocenters. The van der Waals surface area contributed by atoms with E-state index < -0.39 is 4.92 Å². The second-order valence-corrected chi connectivity index (χ2v) is 3.39. The van der Waals surface area contributed by atoms with Crippen LogP contribution in [-0.4, -0.2) is 20.1 Å². The molecule has 0 spiro atoms. The van der Waals surface area contributed by atoms with E-state index in [1.807, 2.05) is 6.07 Å². The maximum Gasteiger partial charge on any atom is 0.292 e. The second kappa shape index (κ2) is 4.92. The monoisotopic (exact) mass is 244 g/mol. The summed E-state index contributed by atoms with van der Waals surface area (Å²) in [4.78, 5) is 14.2. The van der Waals surface area contributed by atoms with Crippen molar-refractivity contribution in [2.24, 2.45) is 0 Å². The molecule has 90 valence electrons. The van der Waals surface area contributed by atoms with Gasteiger partial charge in [-0.3, -0.25) is 15.2 Å². The van der Waals surface area contributed by atoms with Crippen molar-refractivity contribution < 1.29 is 4.92 Å². The average Bonchev–Trinajstić information content (AvgIpc) is 2.88. The van der Waals surface area contributed by atoms with Crippen molar-refractivity contribution in [3.05, 3.63) is 46.0 Å². The number of nitriles is 1. The van der Waals surface area contributed by atoms with Crippen LogP contribution in [0.1, 0.15) is 11.4 Å². The predicted octanol–water partition coefficient (Wildman–Crippen LogP) is 1.20. The van der Waals surface area contributed by atoms with Gasteiger partial charge in [0.25, 0.3) is 5.69 Å². The van der Waals surface area contributed by atoms with Crippen LogP contribution < -0.4 is 5.32 Å². The minimum atomic E-state index is -0.510. The van der Waals surface area contributed by atoms with Crippen LogP contribution in [-0.2, 0) is 6.54 Å². The largest absolute Gasteiger partial charge is 0.372 e. The fraction of sp³-hybridized carbons (Fsp3) is 0.100. The molecule has 2 N–H and O–H groups in total. The first-order chi connectivity index (χ1) is 8.70. The van der Waals surface area contributed by atoms with E-state index in [-0.39, 0.29) is 17.9 Å². The highest BCUT2D eigenvalue weighted by Gasteiger charge is 2.14. The molecule has 0 fully saturated rings. The topological polar surface area (TPSA) is 121 Å².